The molecule has 0 saturated heterocycles. The Bertz CT molecular complexity index is 313. The first-order chi connectivity index (χ1) is 10.7. The molecule has 0 aliphatic heterocycles. The van der Waals surface area contributed by atoms with E-state index in [2.05, 4.69) is 13.8 Å². The molecular weight excluding hydrogens is 276 g/mol. The molecule has 0 aromatic carbocycles. The van der Waals surface area contributed by atoms with E-state index in [1.54, 1.807) is 0 Å². The highest BCUT2D eigenvalue weighted by molar-refractivity contribution is 5.72. The summed E-state index contributed by atoms with van der Waals surface area (Å²) < 4.78 is 11.6. The number of esters is 1. The predicted molar refractivity (Wildman–Crippen MR) is 88.7 cm³/mol. The van der Waals surface area contributed by atoms with Crippen LogP contribution in [0.1, 0.15) is 84.5 Å². The van der Waals surface area contributed by atoms with Gasteiger partial charge in [-0.1, -0.05) is 26.7 Å². The SMILES string of the molecule is CCCOC1CCC(C(=O)OC2CCC(CCC)CC2)CC1. The van der Waals surface area contributed by atoms with Crippen LogP contribution in [0.15, 0.2) is 0 Å². The molecule has 22 heavy (non-hydrogen) atoms. The minimum atomic E-state index is 0.0629. The van der Waals surface area contributed by atoms with E-state index >= 15 is 0 Å². The molecule has 0 unspecified atom stereocenters. The van der Waals surface area contributed by atoms with Crippen LogP contribution in [0.25, 0.3) is 0 Å². The highest BCUT2D eigenvalue weighted by Crippen LogP contribution is 2.32. The van der Waals surface area contributed by atoms with E-state index in [-0.39, 0.29) is 18.0 Å². The molecule has 0 N–H and O–H groups in total. The Morgan fingerprint density at radius 2 is 1.50 bits per heavy atom. The van der Waals surface area contributed by atoms with Crippen LogP contribution in [-0.2, 0) is 14.3 Å². The fraction of sp³-hybridized carbons (Fsp3) is 0.947. The fourth-order valence-corrected chi connectivity index (χ4v) is 3.96. The Morgan fingerprint density at radius 1 is 0.864 bits per heavy atom. The smallest absolute Gasteiger partial charge is 0.309 e. The van der Waals surface area contributed by atoms with Gasteiger partial charge in [0.05, 0.1) is 12.0 Å². The number of hydrogen-bond donors (Lipinski definition) is 0. The van der Waals surface area contributed by atoms with E-state index in [4.69, 9.17) is 9.47 Å². The van der Waals surface area contributed by atoms with Gasteiger partial charge in [-0.15, -0.1) is 0 Å². The Balaban J connectivity index is 1.64. The van der Waals surface area contributed by atoms with Crippen molar-refractivity contribution in [2.24, 2.45) is 11.8 Å². The number of carbonyl (C=O) groups is 1. The third-order valence-electron chi connectivity index (χ3n) is 5.34. The lowest BCUT2D eigenvalue weighted by Gasteiger charge is -2.31. The molecule has 128 valence electrons. The van der Waals surface area contributed by atoms with Crippen molar-refractivity contribution < 1.29 is 14.3 Å². The summed E-state index contributed by atoms with van der Waals surface area (Å²) in [7, 11) is 0. The summed E-state index contributed by atoms with van der Waals surface area (Å²) in [5.74, 6) is 1.05. The van der Waals surface area contributed by atoms with Crippen LogP contribution in [-0.4, -0.2) is 24.8 Å². The Hall–Kier alpha value is -0.570. The van der Waals surface area contributed by atoms with Crippen LogP contribution in [0.3, 0.4) is 0 Å². The number of ether oxygens (including phenoxy) is 2. The summed E-state index contributed by atoms with van der Waals surface area (Å²) in [5, 5.41) is 0. The molecular formula is C19H34O3. The lowest BCUT2D eigenvalue weighted by atomic mass is 9.84. The molecule has 3 nitrogen and oxygen atoms in total. The molecule has 0 heterocycles. The largest absolute Gasteiger partial charge is 0.462 e. The molecule has 0 radical (unpaired) electrons. The van der Waals surface area contributed by atoms with Crippen LogP contribution < -0.4 is 0 Å². The van der Waals surface area contributed by atoms with Gasteiger partial charge in [0.2, 0.25) is 0 Å². The molecule has 0 spiro atoms. The Morgan fingerprint density at radius 3 is 2.09 bits per heavy atom. The highest BCUT2D eigenvalue weighted by atomic mass is 16.5. The summed E-state index contributed by atoms with van der Waals surface area (Å²) >= 11 is 0. The van der Waals surface area contributed by atoms with Gasteiger partial charge in [-0.3, -0.25) is 4.79 Å². The van der Waals surface area contributed by atoms with Crippen LogP contribution >= 0.6 is 0 Å². The van der Waals surface area contributed by atoms with Gasteiger partial charge in [0.15, 0.2) is 0 Å². The van der Waals surface area contributed by atoms with Gasteiger partial charge < -0.3 is 9.47 Å². The Labute approximate surface area is 136 Å². The zero-order valence-electron chi connectivity index (χ0n) is 14.5. The summed E-state index contributed by atoms with van der Waals surface area (Å²) in [6.45, 7) is 5.24. The topological polar surface area (TPSA) is 35.5 Å². The molecule has 2 rings (SSSR count). The van der Waals surface area contributed by atoms with Gasteiger partial charge in [0.1, 0.15) is 6.10 Å². The van der Waals surface area contributed by atoms with Crippen molar-refractivity contribution in [3.63, 3.8) is 0 Å². The molecule has 0 atom stereocenters. The summed E-state index contributed by atoms with van der Waals surface area (Å²) in [6.07, 6.45) is 12.8. The normalized spacial score (nSPS) is 32.6. The first-order valence-electron chi connectivity index (χ1n) is 9.55. The third-order valence-corrected chi connectivity index (χ3v) is 5.34. The number of rotatable bonds is 7. The average molecular weight is 310 g/mol. The fourth-order valence-electron chi connectivity index (χ4n) is 3.96. The van der Waals surface area contributed by atoms with Gasteiger partial charge in [-0.05, 0) is 63.7 Å². The van der Waals surface area contributed by atoms with Crippen molar-refractivity contribution >= 4 is 5.97 Å². The van der Waals surface area contributed by atoms with Gasteiger partial charge in [-0.2, -0.15) is 0 Å². The van der Waals surface area contributed by atoms with Crippen molar-refractivity contribution in [3.05, 3.63) is 0 Å². The number of carbonyl (C=O) groups excluding carboxylic acids is 1. The first-order valence-corrected chi connectivity index (χ1v) is 9.55. The van der Waals surface area contributed by atoms with Gasteiger partial charge in [0.25, 0.3) is 0 Å². The maximum absolute atomic E-state index is 12.3. The highest BCUT2D eigenvalue weighted by Gasteiger charge is 2.30. The third kappa shape index (κ3) is 5.57. The molecule has 0 aromatic heterocycles. The molecule has 0 bridgehead atoms. The van der Waals surface area contributed by atoms with Crippen molar-refractivity contribution in [2.75, 3.05) is 6.61 Å². The van der Waals surface area contributed by atoms with Crippen LogP contribution in [0.2, 0.25) is 0 Å². The van der Waals surface area contributed by atoms with E-state index in [9.17, 15) is 4.79 Å². The minimum Gasteiger partial charge on any atom is -0.462 e. The van der Waals surface area contributed by atoms with Crippen LogP contribution in [0.4, 0.5) is 0 Å². The standard InChI is InChI=1S/C19H34O3/c1-3-5-15-6-10-18(11-7-15)22-19(20)16-8-12-17(13-9-16)21-14-4-2/h15-18H,3-14H2,1-2H3. The second kappa shape index (κ2) is 9.54. The predicted octanol–water partition coefficient (Wildman–Crippen LogP) is 4.87. The second-order valence-corrected chi connectivity index (χ2v) is 7.21. The quantitative estimate of drug-likeness (QED) is 0.629. The summed E-state index contributed by atoms with van der Waals surface area (Å²) in [4.78, 5) is 12.3. The van der Waals surface area contributed by atoms with E-state index in [1.165, 1.54) is 25.7 Å². The average Bonchev–Trinajstić information content (AvgIpc) is 2.55. The zero-order valence-corrected chi connectivity index (χ0v) is 14.5. The molecule has 2 saturated carbocycles. The van der Waals surface area contributed by atoms with Crippen LogP contribution in [0.5, 0.6) is 0 Å². The van der Waals surface area contributed by atoms with E-state index in [0.717, 1.165) is 57.5 Å². The van der Waals surface area contributed by atoms with E-state index in [0.29, 0.717) is 6.10 Å². The van der Waals surface area contributed by atoms with Gasteiger partial charge >= 0.3 is 5.97 Å². The lowest BCUT2D eigenvalue weighted by Crippen LogP contribution is -2.31. The van der Waals surface area contributed by atoms with Crippen molar-refractivity contribution in [2.45, 2.75) is 96.7 Å². The van der Waals surface area contributed by atoms with Gasteiger partial charge in [0, 0.05) is 6.61 Å². The lowest BCUT2D eigenvalue weighted by molar-refractivity contribution is -0.158. The van der Waals surface area contributed by atoms with Gasteiger partial charge in [-0.25, -0.2) is 0 Å². The van der Waals surface area contributed by atoms with Crippen molar-refractivity contribution in [3.8, 4) is 0 Å². The summed E-state index contributed by atoms with van der Waals surface area (Å²) in [6, 6.07) is 0. The zero-order chi connectivity index (χ0) is 15.8. The molecule has 3 heteroatoms. The minimum absolute atomic E-state index is 0.0629. The summed E-state index contributed by atoms with van der Waals surface area (Å²) in [5.41, 5.74) is 0. The van der Waals surface area contributed by atoms with E-state index < -0.39 is 0 Å². The molecule has 0 amide bonds. The molecule has 0 aromatic rings. The molecule has 2 fully saturated rings. The monoisotopic (exact) mass is 310 g/mol. The van der Waals surface area contributed by atoms with Crippen molar-refractivity contribution in [1.82, 2.24) is 0 Å². The van der Waals surface area contributed by atoms with Crippen LogP contribution in [0, 0.1) is 11.8 Å². The maximum atomic E-state index is 12.3. The first kappa shape index (κ1) is 17.8. The molecule has 2 aliphatic rings. The Kier molecular flexibility index (Phi) is 7.71. The number of hydrogen-bond acceptors (Lipinski definition) is 3. The second-order valence-electron chi connectivity index (χ2n) is 7.21. The maximum Gasteiger partial charge on any atom is 0.309 e. The molecule has 2 aliphatic carbocycles. The van der Waals surface area contributed by atoms with Crippen molar-refractivity contribution in [1.29, 1.82) is 0 Å². The van der Waals surface area contributed by atoms with E-state index in [1.807, 2.05) is 0 Å².